The molecule has 2 aliphatic rings. The lowest BCUT2D eigenvalue weighted by molar-refractivity contribution is 0.111. The van der Waals surface area contributed by atoms with Gasteiger partial charge in [0.05, 0.1) is 6.61 Å². The van der Waals surface area contributed by atoms with Gasteiger partial charge in [0.15, 0.2) is 0 Å². The van der Waals surface area contributed by atoms with E-state index in [9.17, 15) is 0 Å². The van der Waals surface area contributed by atoms with Crippen molar-refractivity contribution < 1.29 is 4.74 Å². The second-order valence-corrected chi connectivity index (χ2v) is 6.80. The molecule has 0 bridgehead atoms. The number of piperazine rings is 1. The van der Waals surface area contributed by atoms with Gasteiger partial charge >= 0.3 is 0 Å². The largest absolute Gasteiger partial charge is 0.494 e. The molecule has 23 heavy (non-hydrogen) atoms. The van der Waals surface area contributed by atoms with Gasteiger partial charge in [-0.15, -0.1) is 0 Å². The van der Waals surface area contributed by atoms with Gasteiger partial charge in [-0.2, -0.15) is 0 Å². The van der Waals surface area contributed by atoms with Crippen molar-refractivity contribution in [1.29, 1.82) is 0 Å². The highest BCUT2D eigenvalue weighted by Crippen LogP contribution is 2.20. The third kappa shape index (κ3) is 5.08. The first-order chi connectivity index (χ1) is 11.3. The van der Waals surface area contributed by atoms with Crippen LogP contribution in [0.3, 0.4) is 0 Å². The van der Waals surface area contributed by atoms with Crippen LogP contribution >= 0.6 is 0 Å². The molecule has 3 nitrogen and oxygen atoms in total. The fourth-order valence-electron chi connectivity index (χ4n) is 3.63. The minimum absolute atomic E-state index is 0.734. The molecular weight excluding hydrogens is 284 g/mol. The van der Waals surface area contributed by atoms with E-state index in [1.54, 1.807) is 0 Å². The number of benzene rings is 1. The van der Waals surface area contributed by atoms with Crippen LogP contribution in [-0.4, -0.2) is 49.1 Å². The van der Waals surface area contributed by atoms with E-state index in [1.807, 2.05) is 6.92 Å². The molecule has 0 N–H and O–H groups in total. The maximum absolute atomic E-state index is 5.51. The standard InChI is InChI=1S/C20H30N2O/c1-2-23-20-10-8-19(9-11-20)17-22-14-12-21(13-15-22)16-18-6-4-3-5-7-18/h3-4,8-11,18H,2,5-7,12-17H2,1H3/t18-/m0/s1. The molecule has 0 unspecified atom stereocenters. The highest BCUT2D eigenvalue weighted by Gasteiger charge is 2.20. The van der Waals surface area contributed by atoms with Crippen molar-refractivity contribution in [3.05, 3.63) is 42.0 Å². The summed E-state index contributed by atoms with van der Waals surface area (Å²) in [5.74, 6) is 1.86. The summed E-state index contributed by atoms with van der Waals surface area (Å²) in [6.45, 7) is 9.93. The van der Waals surface area contributed by atoms with Crippen molar-refractivity contribution in [1.82, 2.24) is 9.80 Å². The fourth-order valence-corrected chi connectivity index (χ4v) is 3.63. The Hall–Kier alpha value is -1.32. The average Bonchev–Trinajstić information content (AvgIpc) is 2.60. The number of ether oxygens (including phenoxy) is 1. The molecule has 0 saturated carbocycles. The van der Waals surface area contributed by atoms with Crippen LogP contribution in [0, 0.1) is 5.92 Å². The SMILES string of the molecule is CCOc1ccc(CN2CCN(C[C@H]3CC=CCC3)CC2)cc1. The van der Waals surface area contributed by atoms with E-state index < -0.39 is 0 Å². The molecule has 0 spiro atoms. The highest BCUT2D eigenvalue weighted by molar-refractivity contribution is 5.27. The Labute approximate surface area is 140 Å². The molecule has 1 aliphatic heterocycles. The molecule has 126 valence electrons. The lowest BCUT2D eigenvalue weighted by Crippen LogP contribution is -2.47. The quantitative estimate of drug-likeness (QED) is 0.747. The molecule has 0 amide bonds. The van der Waals surface area contributed by atoms with Crippen molar-refractivity contribution >= 4 is 0 Å². The van der Waals surface area contributed by atoms with E-state index in [2.05, 4.69) is 46.2 Å². The summed E-state index contributed by atoms with van der Waals surface area (Å²) in [5, 5.41) is 0. The summed E-state index contributed by atoms with van der Waals surface area (Å²) in [5.41, 5.74) is 1.39. The minimum Gasteiger partial charge on any atom is -0.494 e. The van der Waals surface area contributed by atoms with Gasteiger partial charge in [0.2, 0.25) is 0 Å². The number of rotatable bonds is 6. The number of allylic oxidation sites excluding steroid dienone is 2. The maximum atomic E-state index is 5.51. The third-order valence-corrected chi connectivity index (χ3v) is 5.00. The molecule has 1 aliphatic carbocycles. The Kier molecular flexibility index (Phi) is 6.12. The second kappa shape index (κ2) is 8.51. The van der Waals surface area contributed by atoms with E-state index in [0.717, 1.165) is 24.8 Å². The monoisotopic (exact) mass is 314 g/mol. The molecule has 1 fully saturated rings. The van der Waals surface area contributed by atoms with E-state index in [-0.39, 0.29) is 0 Å². The van der Waals surface area contributed by atoms with Gasteiger partial charge in [0, 0.05) is 39.3 Å². The molecule has 0 aromatic heterocycles. The van der Waals surface area contributed by atoms with Gasteiger partial charge < -0.3 is 9.64 Å². The van der Waals surface area contributed by atoms with Crippen LogP contribution in [0.15, 0.2) is 36.4 Å². The Morgan fingerprint density at radius 3 is 2.39 bits per heavy atom. The predicted octanol–water partition coefficient (Wildman–Crippen LogP) is 3.56. The lowest BCUT2D eigenvalue weighted by atomic mass is 9.94. The summed E-state index contributed by atoms with van der Waals surface area (Å²) in [7, 11) is 0. The summed E-state index contributed by atoms with van der Waals surface area (Å²) >= 11 is 0. The summed E-state index contributed by atoms with van der Waals surface area (Å²) in [6, 6.07) is 8.58. The van der Waals surface area contributed by atoms with Crippen LogP contribution in [-0.2, 0) is 6.54 Å². The number of hydrogen-bond donors (Lipinski definition) is 0. The Bertz CT molecular complexity index is 489. The van der Waals surface area contributed by atoms with Crippen LogP contribution in [0.5, 0.6) is 5.75 Å². The molecule has 3 rings (SSSR count). The van der Waals surface area contributed by atoms with Crippen molar-refractivity contribution in [2.75, 3.05) is 39.3 Å². The smallest absolute Gasteiger partial charge is 0.119 e. The van der Waals surface area contributed by atoms with E-state index >= 15 is 0 Å². The van der Waals surface area contributed by atoms with E-state index in [4.69, 9.17) is 4.74 Å². The summed E-state index contributed by atoms with van der Waals surface area (Å²) in [4.78, 5) is 5.24. The van der Waals surface area contributed by atoms with Crippen LogP contribution < -0.4 is 4.74 Å². The number of hydrogen-bond acceptors (Lipinski definition) is 3. The first-order valence-corrected chi connectivity index (χ1v) is 9.15. The maximum Gasteiger partial charge on any atom is 0.119 e. The van der Waals surface area contributed by atoms with Crippen molar-refractivity contribution in [2.24, 2.45) is 5.92 Å². The highest BCUT2D eigenvalue weighted by atomic mass is 16.5. The zero-order valence-corrected chi connectivity index (χ0v) is 14.4. The van der Waals surface area contributed by atoms with Gasteiger partial charge in [-0.25, -0.2) is 0 Å². The van der Waals surface area contributed by atoms with Gasteiger partial charge in [-0.05, 0) is 49.8 Å². The zero-order valence-electron chi connectivity index (χ0n) is 14.4. The van der Waals surface area contributed by atoms with Crippen molar-refractivity contribution in [2.45, 2.75) is 32.7 Å². The second-order valence-electron chi connectivity index (χ2n) is 6.80. The van der Waals surface area contributed by atoms with Crippen molar-refractivity contribution in [3.63, 3.8) is 0 Å². The molecule has 1 heterocycles. The first-order valence-electron chi connectivity index (χ1n) is 9.15. The topological polar surface area (TPSA) is 15.7 Å². The molecule has 1 aromatic rings. The van der Waals surface area contributed by atoms with Crippen LogP contribution in [0.1, 0.15) is 31.7 Å². The van der Waals surface area contributed by atoms with E-state index in [0.29, 0.717) is 0 Å². The molecular formula is C20H30N2O. The third-order valence-electron chi connectivity index (χ3n) is 5.00. The molecule has 1 atom stereocenters. The Balaban J connectivity index is 1.41. The first kappa shape index (κ1) is 16.5. The van der Waals surface area contributed by atoms with Gasteiger partial charge in [0.1, 0.15) is 5.75 Å². The van der Waals surface area contributed by atoms with Gasteiger partial charge in [-0.1, -0.05) is 24.3 Å². The normalized spacial score (nSPS) is 23.1. The molecule has 0 radical (unpaired) electrons. The average molecular weight is 314 g/mol. The van der Waals surface area contributed by atoms with E-state index in [1.165, 1.54) is 57.5 Å². The fraction of sp³-hybridized carbons (Fsp3) is 0.600. The summed E-state index contributed by atoms with van der Waals surface area (Å²) in [6.07, 6.45) is 8.65. The predicted molar refractivity (Wildman–Crippen MR) is 95.8 cm³/mol. The molecule has 3 heteroatoms. The van der Waals surface area contributed by atoms with Gasteiger partial charge in [-0.3, -0.25) is 4.90 Å². The van der Waals surface area contributed by atoms with Crippen LogP contribution in [0.25, 0.3) is 0 Å². The van der Waals surface area contributed by atoms with Crippen molar-refractivity contribution in [3.8, 4) is 5.75 Å². The van der Waals surface area contributed by atoms with Gasteiger partial charge in [0.25, 0.3) is 0 Å². The zero-order chi connectivity index (χ0) is 15.9. The lowest BCUT2D eigenvalue weighted by Gasteiger charge is -2.36. The Morgan fingerprint density at radius 2 is 1.74 bits per heavy atom. The summed E-state index contributed by atoms with van der Waals surface area (Å²) < 4.78 is 5.51. The molecule has 1 saturated heterocycles. The Morgan fingerprint density at radius 1 is 1.00 bits per heavy atom. The van der Waals surface area contributed by atoms with Crippen LogP contribution in [0.2, 0.25) is 0 Å². The molecule has 1 aromatic carbocycles. The number of nitrogens with zero attached hydrogens (tertiary/aromatic N) is 2. The van der Waals surface area contributed by atoms with Crippen LogP contribution in [0.4, 0.5) is 0 Å². The minimum atomic E-state index is 0.734.